The Bertz CT molecular complexity index is 3890. The van der Waals surface area contributed by atoms with Crippen LogP contribution in [0.25, 0.3) is 23.5 Å². The molecule has 12 aliphatic rings. The molecule has 0 spiro atoms. The van der Waals surface area contributed by atoms with E-state index in [0.717, 1.165) is 143 Å². The third kappa shape index (κ3) is 12.4. The van der Waals surface area contributed by atoms with Crippen LogP contribution < -0.4 is 4.74 Å². The van der Waals surface area contributed by atoms with Gasteiger partial charge in [0.1, 0.15) is 12.4 Å². The number of carbonyl (C=O) groups is 4. The fourth-order valence-corrected chi connectivity index (χ4v) is 24.1. The second-order valence-corrected chi connectivity index (χ2v) is 35.1. The molecule has 0 radical (unpaired) electrons. The van der Waals surface area contributed by atoms with Crippen LogP contribution in [0.15, 0.2) is 89.1 Å². The Morgan fingerprint density at radius 2 is 1.15 bits per heavy atom. The summed E-state index contributed by atoms with van der Waals surface area (Å²) in [6.07, 6.45) is 31.8. The van der Waals surface area contributed by atoms with Crippen molar-refractivity contribution in [1.82, 2.24) is 19.6 Å². The molecule has 2 aromatic carbocycles. The van der Waals surface area contributed by atoms with E-state index in [4.69, 9.17) is 43.4 Å². The van der Waals surface area contributed by atoms with Crippen molar-refractivity contribution in [3.8, 4) is 17.1 Å². The van der Waals surface area contributed by atoms with Crippen molar-refractivity contribution in [1.29, 1.82) is 0 Å². The third-order valence-electron chi connectivity index (χ3n) is 28.1. The van der Waals surface area contributed by atoms with Crippen LogP contribution in [0.5, 0.6) is 5.75 Å². The van der Waals surface area contributed by atoms with E-state index >= 15 is 0 Å². The van der Waals surface area contributed by atoms with E-state index in [1.165, 1.54) is 40.0 Å². The SMILES string of the molecule is CC/C=C/COc1ccc(-n2ncc3c2C=C2CC[C@@H]4[C@H]([C@@H](O)C[C@@]5(C)[C@H]4C[C@H]4OC(C6CCCCC6)O[C@]45C(=O)COC(=O)CCC)[C@@]2(C)C3)cc1.CCCC(=O)OCC(=O)[C@@]12OC(C3CCCCC3)O[C@@H]1C[C@H]1[C@@H]3CCC4=Cc5nn(-c6ccc(SCC)cc6)cc5C[C@]4(C)[C@H]3[C@@H](O)C[C@@]12C. The van der Waals surface area contributed by atoms with Gasteiger partial charge in [0, 0.05) is 46.6 Å². The van der Waals surface area contributed by atoms with Crippen molar-refractivity contribution in [2.24, 2.45) is 69.0 Å². The molecule has 2 N–H and O–H groups in total. The number of hydrogen-bond acceptors (Lipinski definition) is 16. The summed E-state index contributed by atoms with van der Waals surface area (Å²) in [5.41, 5.74) is 5.11. The number of ketones is 2. The predicted octanol–water partition coefficient (Wildman–Crippen LogP) is 15.7. The van der Waals surface area contributed by atoms with Crippen LogP contribution in [0.2, 0.25) is 0 Å². The quantitative estimate of drug-likeness (QED) is 0.0479. The summed E-state index contributed by atoms with van der Waals surface area (Å²) < 4.78 is 48.7. The number of esters is 2. The number of rotatable bonds is 20. The highest BCUT2D eigenvalue weighted by molar-refractivity contribution is 7.99. The molecule has 18 atom stereocenters. The molecule has 2 unspecified atom stereocenters. The first-order valence-electron chi connectivity index (χ1n) is 39.8. The Kier molecular flexibility index (Phi) is 20.6. The summed E-state index contributed by atoms with van der Waals surface area (Å²) in [6.45, 7) is 17.1. The van der Waals surface area contributed by atoms with Crippen molar-refractivity contribution in [3.05, 3.63) is 107 Å². The van der Waals surface area contributed by atoms with Crippen molar-refractivity contribution in [3.63, 3.8) is 0 Å². The number of carbonyl (C=O) groups excluding carboxylic acids is 4. The highest BCUT2D eigenvalue weighted by Gasteiger charge is 2.78. The van der Waals surface area contributed by atoms with Gasteiger partial charge < -0.3 is 43.4 Å². The molecule has 2 aromatic heterocycles. The van der Waals surface area contributed by atoms with E-state index in [1.807, 2.05) is 59.4 Å². The lowest BCUT2D eigenvalue weighted by atomic mass is 9.45. The Morgan fingerprint density at radius 1 is 0.631 bits per heavy atom. The van der Waals surface area contributed by atoms with Crippen LogP contribution in [-0.4, -0.2) is 127 Å². The molecule has 18 heteroatoms. The van der Waals surface area contributed by atoms with Gasteiger partial charge in [0.25, 0.3) is 0 Å². The van der Waals surface area contributed by atoms with Crippen molar-refractivity contribution < 1.29 is 62.5 Å². The van der Waals surface area contributed by atoms with E-state index in [1.54, 1.807) is 0 Å². The van der Waals surface area contributed by atoms with Crippen molar-refractivity contribution >= 4 is 47.4 Å². The lowest BCUT2D eigenvalue weighted by Crippen LogP contribution is -2.64. The van der Waals surface area contributed by atoms with E-state index < -0.39 is 59.0 Å². The summed E-state index contributed by atoms with van der Waals surface area (Å²) in [5.74, 6) is 2.03. The summed E-state index contributed by atoms with van der Waals surface area (Å²) >= 11 is 1.84. The van der Waals surface area contributed by atoms with E-state index in [-0.39, 0.29) is 108 Å². The molecule has 0 amide bonds. The number of aliphatic hydroxyl groups excluding tert-OH is 2. The fraction of sp³-hybridized carbons (Fsp3) is 0.671. The molecule has 4 heterocycles. The monoisotopic (exact) mass is 1430 g/mol. The predicted molar refractivity (Wildman–Crippen MR) is 394 cm³/mol. The normalized spacial score (nSPS) is 36.9. The maximum atomic E-state index is 14.6. The van der Waals surface area contributed by atoms with Crippen LogP contribution in [0.1, 0.15) is 226 Å². The van der Waals surface area contributed by atoms with Crippen LogP contribution in [0.3, 0.4) is 0 Å². The first-order valence-corrected chi connectivity index (χ1v) is 40.8. The Balaban J connectivity index is 0.000000166. The van der Waals surface area contributed by atoms with Crippen LogP contribution in [0.4, 0.5) is 0 Å². The first-order chi connectivity index (χ1) is 49.7. The van der Waals surface area contributed by atoms with Crippen LogP contribution >= 0.6 is 11.8 Å². The number of Topliss-reactive ketones (excluding diaryl/α,β-unsaturated/α-hetero) is 2. The molecule has 10 fully saturated rings. The second kappa shape index (κ2) is 29.1. The highest BCUT2D eigenvalue weighted by Crippen LogP contribution is 2.73. The first kappa shape index (κ1) is 72.8. The molecular formula is C85H112N4O13S. The average Bonchev–Trinajstić information content (AvgIpc) is 1.03. The van der Waals surface area contributed by atoms with Gasteiger partial charge in [-0.1, -0.05) is 117 Å². The Hall–Kier alpha value is -5.73. The number of aromatic nitrogens is 4. The van der Waals surface area contributed by atoms with Gasteiger partial charge in [-0.25, -0.2) is 9.36 Å². The zero-order chi connectivity index (χ0) is 71.8. The van der Waals surface area contributed by atoms with Crippen LogP contribution in [-0.2, 0) is 60.4 Å². The molecule has 10 aliphatic carbocycles. The number of aliphatic hydroxyl groups is 2. The minimum atomic E-state index is -1.25. The number of allylic oxidation sites excluding steroid dienone is 3. The number of nitrogens with zero attached hydrogens (tertiary/aromatic N) is 4. The summed E-state index contributed by atoms with van der Waals surface area (Å²) in [6, 6.07) is 16.7. The van der Waals surface area contributed by atoms with Gasteiger partial charge in [-0.05, 0) is 233 Å². The van der Waals surface area contributed by atoms with E-state index in [0.29, 0.717) is 32.3 Å². The molecule has 4 aromatic rings. The minimum absolute atomic E-state index is 0.0257. The molecule has 556 valence electrons. The van der Waals surface area contributed by atoms with Gasteiger partial charge in [-0.15, -0.1) is 11.8 Å². The largest absolute Gasteiger partial charge is 0.490 e. The Labute approximate surface area is 613 Å². The summed E-state index contributed by atoms with van der Waals surface area (Å²) in [7, 11) is 0. The second-order valence-electron chi connectivity index (χ2n) is 33.8. The van der Waals surface area contributed by atoms with Gasteiger partial charge in [-0.3, -0.25) is 19.2 Å². The molecule has 17 nitrogen and oxygen atoms in total. The number of ether oxygens (including phenoxy) is 7. The molecule has 2 aliphatic heterocycles. The number of thioether (sulfide) groups is 1. The van der Waals surface area contributed by atoms with Gasteiger partial charge in [0.15, 0.2) is 37.0 Å². The average molecular weight is 1430 g/mol. The number of hydrogen-bond donors (Lipinski definition) is 2. The molecule has 103 heavy (non-hydrogen) atoms. The maximum absolute atomic E-state index is 14.6. The van der Waals surface area contributed by atoms with Gasteiger partial charge in [0.05, 0.1) is 53.4 Å². The van der Waals surface area contributed by atoms with Crippen LogP contribution in [0, 0.1) is 69.0 Å². The number of fused-ring (bicyclic) bond motifs is 16. The van der Waals surface area contributed by atoms with Crippen molar-refractivity contribution in [2.45, 2.75) is 269 Å². The van der Waals surface area contributed by atoms with E-state index in [2.05, 4.69) is 102 Å². The highest BCUT2D eigenvalue weighted by atomic mass is 32.2. The molecule has 2 saturated heterocycles. The summed E-state index contributed by atoms with van der Waals surface area (Å²) in [5, 5.41) is 34.7. The smallest absolute Gasteiger partial charge is 0.306 e. The summed E-state index contributed by atoms with van der Waals surface area (Å²) in [4.78, 5) is 55.3. The zero-order valence-electron chi connectivity index (χ0n) is 62.3. The maximum Gasteiger partial charge on any atom is 0.306 e. The standard InChI is InChI=1S/C44H58N2O7.C41H54N2O6S/c1-5-7-11-21-50-32-18-16-31(17-19-32)46-35-22-30-15-20-33-34-23-38-44(37(48)27-51-39(49)12-6-2,53-41(52-38)28-13-9-8-10-14-28)43(34,4)25-36(47)40(33)42(30,3)24-29(35)26-45-46;1-5-10-36(46)47-24-34(45)41-35(48-38(49-41)25-11-8-7-9-12-25)20-31-30-18-13-27-19-32-26(21-39(27,3)37(30)33(44)22-40(31,41)4)23-43(42-32)28-14-16-29(17-15-28)50-6-2/h7,11,16-19,22,26,28,33-34,36,38,40-41,47H,5-6,8-10,12-15,20-21,23-25,27H2,1-4H3;14-17,19,23,25,30-31,33,35,37-38,44H,5-13,18,20-22,24H2,1-4H3/b11-7+;/t33-,34-,36-,38+,40+,41?,42-,43-,44+;30-,31-,33-,35+,37+,38?,39-,40-,41+/m00/s1. The minimum Gasteiger partial charge on any atom is -0.490 e. The van der Waals surface area contributed by atoms with Crippen molar-refractivity contribution in [2.75, 3.05) is 25.6 Å². The fourth-order valence-electron chi connectivity index (χ4n) is 23.5. The topological polar surface area (TPSA) is 209 Å². The van der Waals surface area contributed by atoms with Gasteiger partial charge >= 0.3 is 11.9 Å². The lowest BCUT2D eigenvalue weighted by molar-refractivity contribution is -0.212. The molecule has 16 rings (SSSR count). The Morgan fingerprint density at radius 3 is 1.66 bits per heavy atom. The van der Waals surface area contributed by atoms with Gasteiger partial charge in [-0.2, -0.15) is 10.2 Å². The molecular weight excluding hydrogens is 1320 g/mol. The lowest BCUT2D eigenvalue weighted by Gasteiger charge is -2.60. The molecule has 0 bridgehead atoms. The van der Waals surface area contributed by atoms with Gasteiger partial charge in [0.2, 0.25) is 11.6 Å². The molecule has 8 saturated carbocycles. The third-order valence-corrected chi connectivity index (χ3v) is 29.0. The number of benzene rings is 2. The van der Waals surface area contributed by atoms with E-state index in [9.17, 15) is 29.4 Å². The zero-order valence-corrected chi connectivity index (χ0v) is 63.1.